The van der Waals surface area contributed by atoms with Gasteiger partial charge < -0.3 is 45.3 Å². The first kappa shape index (κ1) is 25.9. The van der Waals surface area contributed by atoms with Crippen LogP contribution in [0.15, 0.2) is 24.4 Å². The highest BCUT2D eigenvalue weighted by Crippen LogP contribution is 2.48. The van der Waals surface area contributed by atoms with Crippen LogP contribution >= 0.6 is 0 Å². The second kappa shape index (κ2) is 8.97. The van der Waals surface area contributed by atoms with Gasteiger partial charge >= 0.3 is 18.6 Å². The number of hydrogen-bond acceptors (Lipinski definition) is 13. The minimum absolute atomic E-state index is 0.0462. The molecule has 0 spiro atoms. The lowest BCUT2D eigenvalue weighted by molar-refractivity contribution is -0.443. The van der Waals surface area contributed by atoms with Crippen molar-refractivity contribution in [3.8, 4) is 23.0 Å². The summed E-state index contributed by atoms with van der Waals surface area (Å²) in [6.07, 6.45) is -3.17. The van der Waals surface area contributed by atoms with Crippen molar-refractivity contribution in [2.45, 2.75) is 24.8 Å². The van der Waals surface area contributed by atoms with Gasteiger partial charge in [0.15, 0.2) is 17.4 Å². The molecule has 1 saturated heterocycles. The number of pyridine rings is 1. The number of rotatable bonds is 2. The molecule has 5 heterocycles. The predicted molar refractivity (Wildman–Crippen MR) is 132 cm³/mol. The van der Waals surface area contributed by atoms with Crippen LogP contribution < -0.4 is 20.1 Å². The highest BCUT2D eigenvalue weighted by atomic mass is 19.1. The number of aromatic nitrogens is 3. The number of nitrogens with zero attached hydrogens (tertiary/aromatic N) is 4. The lowest BCUT2D eigenvalue weighted by Gasteiger charge is -2.28. The maximum absolute atomic E-state index is 16.4. The van der Waals surface area contributed by atoms with Crippen molar-refractivity contribution in [1.29, 1.82) is 0 Å². The average molecular weight is 575 g/mol. The molecule has 3 unspecified atom stereocenters. The zero-order valence-corrected chi connectivity index (χ0v) is 20.7. The lowest BCUT2D eigenvalue weighted by atomic mass is 9.98. The molecular weight excluding hydrogens is 555 g/mol. The van der Waals surface area contributed by atoms with Crippen LogP contribution in [0.5, 0.6) is 11.8 Å². The van der Waals surface area contributed by atoms with Gasteiger partial charge in [-0.25, -0.2) is 13.2 Å². The Hall–Kier alpha value is -4.06. The van der Waals surface area contributed by atoms with Gasteiger partial charge in [0.05, 0.1) is 30.7 Å². The number of aliphatic hydroxyl groups is 4. The molecule has 0 amide bonds. The summed E-state index contributed by atoms with van der Waals surface area (Å²) in [6.45, 7) is -1.86. The summed E-state index contributed by atoms with van der Waals surface area (Å²) in [5.41, 5.74) is 4.76. The van der Waals surface area contributed by atoms with Crippen molar-refractivity contribution in [2.75, 3.05) is 30.4 Å². The summed E-state index contributed by atoms with van der Waals surface area (Å²) in [5.74, 6) is -4.86. The number of ether oxygens (including phenoxy) is 4. The van der Waals surface area contributed by atoms with Crippen molar-refractivity contribution >= 4 is 33.2 Å². The minimum atomic E-state index is -3.43. The van der Waals surface area contributed by atoms with Crippen LogP contribution in [-0.2, 0) is 9.47 Å². The first-order chi connectivity index (χ1) is 19.5. The van der Waals surface area contributed by atoms with E-state index in [4.69, 9.17) is 24.7 Å². The zero-order chi connectivity index (χ0) is 28.8. The number of fused-ring (bicyclic) bond motifs is 3. The summed E-state index contributed by atoms with van der Waals surface area (Å²) in [7, 11) is 0. The normalized spacial score (nSPS) is 22.9. The maximum atomic E-state index is 16.4. The number of nitrogens with two attached hydrogens (primary N) is 1. The van der Waals surface area contributed by atoms with E-state index in [1.807, 2.05) is 0 Å². The zero-order valence-electron chi connectivity index (χ0n) is 20.7. The molecule has 13 nitrogen and oxygen atoms in total. The fourth-order valence-corrected chi connectivity index (χ4v) is 5.53. The van der Waals surface area contributed by atoms with Crippen molar-refractivity contribution < 1.29 is 52.5 Å². The highest BCUT2D eigenvalue weighted by Gasteiger charge is 2.60. The van der Waals surface area contributed by atoms with Gasteiger partial charge in [0.2, 0.25) is 0 Å². The van der Waals surface area contributed by atoms with E-state index < -0.39 is 71.0 Å². The summed E-state index contributed by atoms with van der Waals surface area (Å²) in [6, 6.07) is 1.50. The SMILES string of the molecule is Nc1cc2c3c(c(F)cc(F)c3c1)OC(O)(O)OC1C3COCCN(c4nc(OC(O)O)nc5c(F)c-2ncc45)C31. The molecular formula is C25H20F3N5O8. The molecule has 16 heteroatoms. The third kappa shape index (κ3) is 4.14. The number of halogens is 3. The van der Waals surface area contributed by atoms with Crippen LogP contribution in [0.25, 0.3) is 32.9 Å². The Labute approximate surface area is 227 Å². The topological polar surface area (TPSA) is 186 Å². The highest BCUT2D eigenvalue weighted by molar-refractivity contribution is 6.04. The summed E-state index contributed by atoms with van der Waals surface area (Å²) >= 11 is 0. The largest absolute Gasteiger partial charge is 0.456 e. The predicted octanol–water partition coefficient (Wildman–Crippen LogP) is 0.700. The van der Waals surface area contributed by atoms with Crippen LogP contribution in [-0.4, -0.2) is 79.9 Å². The van der Waals surface area contributed by atoms with Gasteiger partial charge in [0.25, 0.3) is 0 Å². The molecule has 4 aliphatic rings. The number of nitrogen functional groups attached to an aromatic ring is 1. The van der Waals surface area contributed by atoms with Gasteiger partial charge in [-0.3, -0.25) is 9.72 Å². The average Bonchev–Trinajstić information content (AvgIpc) is 3.60. The fourth-order valence-electron chi connectivity index (χ4n) is 5.53. The van der Waals surface area contributed by atoms with Gasteiger partial charge in [-0.15, -0.1) is 0 Å². The molecule has 3 aliphatic heterocycles. The van der Waals surface area contributed by atoms with Gasteiger partial charge in [-0.05, 0) is 12.1 Å². The number of benzene rings is 2. The van der Waals surface area contributed by atoms with E-state index in [0.29, 0.717) is 6.07 Å². The molecule has 6 N–H and O–H groups in total. The summed E-state index contributed by atoms with van der Waals surface area (Å²) in [4.78, 5) is 14.1. The Morgan fingerprint density at radius 1 is 1.10 bits per heavy atom. The van der Waals surface area contributed by atoms with E-state index in [1.165, 1.54) is 12.3 Å². The molecule has 2 aromatic heterocycles. The fraction of sp³-hybridized carbons (Fsp3) is 0.320. The van der Waals surface area contributed by atoms with E-state index in [9.17, 15) is 20.4 Å². The van der Waals surface area contributed by atoms with Crippen LogP contribution in [0.3, 0.4) is 0 Å². The molecule has 3 atom stereocenters. The van der Waals surface area contributed by atoms with E-state index in [1.54, 1.807) is 4.90 Å². The van der Waals surface area contributed by atoms with E-state index >= 15 is 13.2 Å². The van der Waals surface area contributed by atoms with E-state index in [-0.39, 0.29) is 53.1 Å². The molecule has 4 bridgehead atoms. The van der Waals surface area contributed by atoms with Crippen LogP contribution in [0.4, 0.5) is 24.7 Å². The second-order valence-electron chi connectivity index (χ2n) is 9.77. The number of anilines is 2. The Morgan fingerprint density at radius 2 is 1.90 bits per heavy atom. The van der Waals surface area contributed by atoms with Crippen LogP contribution in [0, 0.1) is 23.4 Å². The molecule has 4 aromatic rings. The first-order valence-electron chi connectivity index (χ1n) is 12.3. The maximum Gasteiger partial charge on any atom is 0.456 e. The molecule has 2 fully saturated rings. The van der Waals surface area contributed by atoms with Crippen LogP contribution in [0.1, 0.15) is 0 Å². The molecule has 2 aromatic carbocycles. The van der Waals surface area contributed by atoms with Crippen molar-refractivity contribution in [2.24, 2.45) is 5.92 Å². The smallest absolute Gasteiger partial charge is 0.413 e. The van der Waals surface area contributed by atoms with Crippen molar-refractivity contribution in [3.63, 3.8) is 0 Å². The monoisotopic (exact) mass is 575 g/mol. The minimum Gasteiger partial charge on any atom is -0.413 e. The second-order valence-corrected chi connectivity index (χ2v) is 9.77. The third-order valence-corrected chi connectivity index (χ3v) is 7.22. The van der Waals surface area contributed by atoms with Crippen molar-refractivity contribution in [3.05, 3.63) is 41.8 Å². The summed E-state index contributed by atoms with van der Waals surface area (Å²) < 4.78 is 67.8. The van der Waals surface area contributed by atoms with E-state index in [0.717, 1.165) is 6.07 Å². The van der Waals surface area contributed by atoms with Crippen LogP contribution in [0.2, 0.25) is 0 Å². The standard InChI is InChI=1S/C25H20F3N5O8/c26-13-5-14(27)21-15-9(13)3-8(29)4-10(15)17-16(28)18-11(6-30-17)22(32-23(31-18)39-24(34)35)33-1-2-38-7-12-19(33)20(12)40-25(36,37)41-21/h3-6,12,19-20,24,34-37H,1-2,7,29H2. The Balaban J connectivity index is 1.59. The number of aliphatic hydroxyl groups excluding tert-OH is 1. The summed E-state index contributed by atoms with van der Waals surface area (Å²) in [5, 5.41) is 39.5. The quantitative estimate of drug-likeness (QED) is 0.166. The molecule has 1 saturated carbocycles. The molecule has 41 heavy (non-hydrogen) atoms. The number of hydrogen-bond donors (Lipinski definition) is 5. The third-order valence-electron chi connectivity index (χ3n) is 7.22. The van der Waals surface area contributed by atoms with Gasteiger partial charge in [-0.2, -0.15) is 9.97 Å². The molecule has 214 valence electrons. The molecule has 0 radical (unpaired) electrons. The van der Waals surface area contributed by atoms with Gasteiger partial charge in [0, 0.05) is 46.7 Å². The Morgan fingerprint density at radius 3 is 2.68 bits per heavy atom. The molecule has 1 aliphatic carbocycles. The first-order valence-corrected chi connectivity index (χ1v) is 12.3. The van der Waals surface area contributed by atoms with E-state index in [2.05, 4.69) is 15.0 Å². The van der Waals surface area contributed by atoms with Gasteiger partial charge in [0.1, 0.15) is 22.8 Å². The molecule has 8 rings (SSSR count). The Kier molecular flexibility index (Phi) is 5.66. The van der Waals surface area contributed by atoms with Gasteiger partial charge in [-0.1, -0.05) is 0 Å². The van der Waals surface area contributed by atoms with Crippen molar-refractivity contribution in [1.82, 2.24) is 15.0 Å². The lowest BCUT2D eigenvalue weighted by Crippen LogP contribution is -2.42. The Bertz CT molecular complexity index is 1740.